The molecule has 0 N–H and O–H groups in total. The minimum atomic E-state index is -0.484. The Morgan fingerprint density at radius 1 is 0.938 bits per heavy atom. The van der Waals surface area contributed by atoms with Gasteiger partial charge in [-0.05, 0) is 42.5 Å². The molecule has 164 valence electrons. The van der Waals surface area contributed by atoms with Crippen molar-refractivity contribution in [1.82, 2.24) is 5.01 Å². The van der Waals surface area contributed by atoms with E-state index in [1.54, 1.807) is 20.3 Å². The third kappa shape index (κ3) is 3.64. The fourth-order valence-electron chi connectivity index (χ4n) is 4.18. The molecule has 5 nitrogen and oxygen atoms in total. The Balaban J connectivity index is 1.62. The van der Waals surface area contributed by atoms with Crippen molar-refractivity contribution in [2.24, 2.45) is 5.10 Å². The number of hydrogen-bond acceptors (Lipinski definition) is 5. The second kappa shape index (κ2) is 8.39. The Kier molecular flexibility index (Phi) is 5.58. The van der Waals surface area contributed by atoms with Gasteiger partial charge in [0.15, 0.2) is 11.5 Å². The first-order valence-electron chi connectivity index (χ1n) is 9.97. The maximum absolute atomic E-state index is 6.53. The molecule has 2 atom stereocenters. The lowest BCUT2D eigenvalue weighted by Gasteiger charge is -2.38. The molecule has 0 bridgehead atoms. The monoisotopic (exact) mass is 488 g/mol. The Bertz CT molecular complexity index is 1230. The Morgan fingerprint density at radius 3 is 2.50 bits per heavy atom. The Hall–Kier alpha value is -2.60. The molecular formula is C24H19Cl3N2O3. The van der Waals surface area contributed by atoms with Crippen LogP contribution in [0.4, 0.5) is 0 Å². The van der Waals surface area contributed by atoms with Crippen LogP contribution in [0.15, 0.2) is 59.7 Å². The normalized spacial score (nSPS) is 19.0. The van der Waals surface area contributed by atoms with E-state index >= 15 is 0 Å². The number of hydrazone groups is 1. The fraction of sp³-hybridized carbons (Fsp3) is 0.208. The lowest BCUT2D eigenvalue weighted by Crippen LogP contribution is -2.33. The van der Waals surface area contributed by atoms with Gasteiger partial charge in [-0.15, -0.1) is 0 Å². The van der Waals surface area contributed by atoms with Crippen molar-refractivity contribution in [3.05, 3.63) is 86.4 Å². The number of halogens is 3. The van der Waals surface area contributed by atoms with Crippen molar-refractivity contribution in [1.29, 1.82) is 0 Å². The molecule has 3 aromatic carbocycles. The van der Waals surface area contributed by atoms with Gasteiger partial charge in [0.05, 0.1) is 31.0 Å². The van der Waals surface area contributed by atoms with Crippen molar-refractivity contribution >= 4 is 40.5 Å². The van der Waals surface area contributed by atoms with Gasteiger partial charge in [-0.25, -0.2) is 5.01 Å². The molecule has 2 heterocycles. The average Bonchev–Trinajstić information content (AvgIpc) is 3.24. The molecule has 0 radical (unpaired) electrons. The van der Waals surface area contributed by atoms with Gasteiger partial charge in [0.25, 0.3) is 0 Å². The second-order valence-corrected chi connectivity index (χ2v) is 8.83. The van der Waals surface area contributed by atoms with Crippen LogP contribution >= 0.6 is 34.8 Å². The summed E-state index contributed by atoms with van der Waals surface area (Å²) in [6.07, 6.45) is 0.169. The molecule has 0 aromatic heterocycles. The van der Waals surface area contributed by atoms with Gasteiger partial charge in [-0.2, -0.15) is 5.10 Å². The van der Waals surface area contributed by atoms with E-state index in [1.165, 1.54) is 0 Å². The van der Waals surface area contributed by atoms with Crippen molar-refractivity contribution < 1.29 is 14.2 Å². The molecular weight excluding hydrogens is 471 g/mol. The first-order valence-corrected chi connectivity index (χ1v) is 11.1. The standard InChI is InChI=1S/C24H19Cl3N2O3/c1-30-21-7-6-13(9-22(21)31-2)19-12-20-17-10-16(26)11-18(27)23(17)32-24(29(20)28-19)14-4-3-5-15(25)8-14/h3-11,20,24H,12H2,1-2H3/t20-,24+/m1/s1. The zero-order valence-electron chi connectivity index (χ0n) is 17.3. The van der Waals surface area contributed by atoms with Gasteiger partial charge in [0, 0.05) is 33.2 Å². The summed E-state index contributed by atoms with van der Waals surface area (Å²) in [5, 5.41) is 8.56. The van der Waals surface area contributed by atoms with E-state index < -0.39 is 6.23 Å². The molecule has 0 saturated carbocycles. The van der Waals surface area contributed by atoms with Crippen LogP contribution in [-0.4, -0.2) is 24.9 Å². The van der Waals surface area contributed by atoms with Gasteiger partial charge in [0.1, 0.15) is 5.75 Å². The summed E-state index contributed by atoms with van der Waals surface area (Å²) in [5.74, 6) is 1.93. The third-order valence-electron chi connectivity index (χ3n) is 5.66. The molecule has 8 heteroatoms. The highest BCUT2D eigenvalue weighted by molar-refractivity contribution is 6.35. The number of rotatable bonds is 4. The smallest absolute Gasteiger partial charge is 0.214 e. The van der Waals surface area contributed by atoms with Gasteiger partial charge < -0.3 is 14.2 Å². The minimum Gasteiger partial charge on any atom is -0.493 e. The molecule has 0 aliphatic carbocycles. The molecule has 2 aliphatic rings. The largest absolute Gasteiger partial charge is 0.493 e. The number of ether oxygens (including phenoxy) is 3. The zero-order chi connectivity index (χ0) is 22.4. The maximum atomic E-state index is 6.53. The SMILES string of the molecule is COc1ccc(C2=NN3[C@H](C2)c2cc(Cl)cc(Cl)c2O[C@H]3c2cccc(Cl)c2)cc1OC. The molecule has 32 heavy (non-hydrogen) atoms. The molecule has 0 saturated heterocycles. The third-order valence-corrected chi connectivity index (χ3v) is 6.39. The molecule has 3 aromatic rings. The van der Waals surface area contributed by atoms with Crippen LogP contribution in [-0.2, 0) is 0 Å². The highest BCUT2D eigenvalue weighted by atomic mass is 35.5. The molecule has 0 unspecified atom stereocenters. The van der Waals surface area contributed by atoms with Crippen LogP contribution in [0, 0.1) is 0 Å². The molecule has 0 spiro atoms. The van der Waals surface area contributed by atoms with E-state index in [1.807, 2.05) is 53.5 Å². The highest BCUT2D eigenvalue weighted by Crippen LogP contribution is 2.51. The van der Waals surface area contributed by atoms with Crippen molar-refractivity contribution in [3.63, 3.8) is 0 Å². The van der Waals surface area contributed by atoms with Gasteiger partial charge >= 0.3 is 0 Å². The second-order valence-electron chi connectivity index (χ2n) is 7.55. The number of nitrogens with zero attached hydrogens (tertiary/aromatic N) is 2. The van der Waals surface area contributed by atoms with Gasteiger partial charge in [-0.3, -0.25) is 0 Å². The van der Waals surface area contributed by atoms with Gasteiger partial charge in [0.2, 0.25) is 6.23 Å². The highest BCUT2D eigenvalue weighted by Gasteiger charge is 2.42. The summed E-state index contributed by atoms with van der Waals surface area (Å²) in [6, 6.07) is 16.8. The van der Waals surface area contributed by atoms with Crippen LogP contribution in [0.1, 0.15) is 35.4 Å². The van der Waals surface area contributed by atoms with Crippen LogP contribution in [0.5, 0.6) is 17.2 Å². The summed E-state index contributed by atoms with van der Waals surface area (Å²) in [4.78, 5) is 0. The van der Waals surface area contributed by atoms with E-state index in [4.69, 9.17) is 54.1 Å². The van der Waals surface area contributed by atoms with Crippen LogP contribution in [0.3, 0.4) is 0 Å². The molecule has 0 fully saturated rings. The topological polar surface area (TPSA) is 43.3 Å². The van der Waals surface area contributed by atoms with E-state index in [0.29, 0.717) is 38.7 Å². The van der Waals surface area contributed by atoms with Crippen molar-refractivity contribution in [3.8, 4) is 17.2 Å². The summed E-state index contributed by atoms with van der Waals surface area (Å²) < 4.78 is 17.2. The maximum Gasteiger partial charge on any atom is 0.214 e. The summed E-state index contributed by atoms with van der Waals surface area (Å²) >= 11 is 19.1. The first-order chi connectivity index (χ1) is 15.5. The number of fused-ring (bicyclic) bond motifs is 3. The van der Waals surface area contributed by atoms with Crippen molar-refractivity contribution in [2.45, 2.75) is 18.7 Å². The summed E-state index contributed by atoms with van der Waals surface area (Å²) in [5.41, 5.74) is 3.63. The first kappa shape index (κ1) is 21.3. The predicted molar refractivity (Wildman–Crippen MR) is 127 cm³/mol. The van der Waals surface area contributed by atoms with E-state index in [-0.39, 0.29) is 6.04 Å². The number of methoxy groups -OCH3 is 2. The van der Waals surface area contributed by atoms with Crippen LogP contribution < -0.4 is 14.2 Å². The molecule has 2 aliphatic heterocycles. The summed E-state index contributed by atoms with van der Waals surface area (Å²) in [6.45, 7) is 0. The molecule has 5 rings (SSSR count). The van der Waals surface area contributed by atoms with E-state index in [0.717, 1.165) is 22.4 Å². The Labute approximate surface area is 201 Å². The lowest BCUT2D eigenvalue weighted by atomic mass is 9.95. The fourth-order valence-corrected chi connectivity index (χ4v) is 4.94. The summed E-state index contributed by atoms with van der Waals surface area (Å²) in [7, 11) is 3.23. The Morgan fingerprint density at radius 2 is 1.75 bits per heavy atom. The van der Waals surface area contributed by atoms with Gasteiger partial charge in [-0.1, -0.05) is 46.9 Å². The van der Waals surface area contributed by atoms with Crippen LogP contribution in [0.2, 0.25) is 15.1 Å². The predicted octanol–water partition coefficient (Wildman–Crippen LogP) is 6.91. The van der Waals surface area contributed by atoms with E-state index in [9.17, 15) is 0 Å². The lowest BCUT2D eigenvalue weighted by molar-refractivity contribution is -0.0189. The zero-order valence-corrected chi connectivity index (χ0v) is 19.6. The van der Waals surface area contributed by atoms with E-state index in [2.05, 4.69) is 0 Å². The quantitative estimate of drug-likeness (QED) is 0.399. The number of benzene rings is 3. The van der Waals surface area contributed by atoms with Crippen LogP contribution in [0.25, 0.3) is 0 Å². The number of hydrogen-bond donors (Lipinski definition) is 0. The average molecular weight is 490 g/mol. The van der Waals surface area contributed by atoms with Crippen molar-refractivity contribution in [2.75, 3.05) is 14.2 Å². The molecule has 0 amide bonds. The minimum absolute atomic E-state index is 0.0953.